The van der Waals surface area contributed by atoms with Crippen LogP contribution in [0, 0.1) is 5.21 Å². The molecule has 0 amide bonds. The maximum absolute atomic E-state index is 12.0. The van der Waals surface area contributed by atoms with Crippen molar-refractivity contribution >= 4 is 23.9 Å². The van der Waals surface area contributed by atoms with Gasteiger partial charge in [0.1, 0.15) is 13.2 Å². The molecule has 0 fully saturated rings. The monoisotopic (exact) mass is 369 g/mol. The van der Waals surface area contributed by atoms with E-state index in [1.165, 1.54) is 30.3 Å². The second kappa shape index (κ2) is 6.40. The van der Waals surface area contributed by atoms with E-state index in [1.807, 2.05) is 0 Å². The third kappa shape index (κ3) is 3.10. The SMILES string of the molecule is O=C1OC(=O)c2cc(CO[NH+]([O-])Cc3ccc4c(c3)C(=O)OC4=O)ccc21. The standard InChI is InChI=1S/C18H11NO8/c20-15-11-3-1-9(5-13(11)17(22)26-15)7-19(24)25-8-10-2-4-12-14(6-10)18(23)27-16(12)21/h1-6,19H,7-8H2. The molecular weight excluding hydrogens is 358 g/mol. The highest BCUT2D eigenvalue weighted by atomic mass is 16.9. The summed E-state index contributed by atoms with van der Waals surface area (Å²) >= 11 is 0. The summed E-state index contributed by atoms with van der Waals surface area (Å²) in [4.78, 5) is 51.0. The largest absolute Gasteiger partial charge is 0.600 e. The molecule has 136 valence electrons. The lowest BCUT2D eigenvalue weighted by Crippen LogP contribution is -3.04. The third-order valence-corrected chi connectivity index (χ3v) is 4.17. The molecule has 0 aliphatic carbocycles. The number of nitrogens with one attached hydrogen (secondary N) is 1. The van der Waals surface area contributed by atoms with Gasteiger partial charge in [0, 0.05) is 5.56 Å². The molecule has 1 atom stereocenters. The smallest absolute Gasteiger partial charge is 0.346 e. The summed E-state index contributed by atoms with van der Waals surface area (Å²) in [6, 6.07) is 8.82. The number of carbonyl (C=O) groups excluding carboxylic acids is 4. The number of hydrogen-bond acceptors (Lipinski definition) is 8. The van der Waals surface area contributed by atoms with Crippen molar-refractivity contribution in [2.75, 3.05) is 0 Å². The van der Waals surface area contributed by atoms with E-state index in [4.69, 9.17) is 4.84 Å². The lowest BCUT2D eigenvalue weighted by atomic mass is 10.1. The Morgan fingerprint density at radius 1 is 0.741 bits per heavy atom. The molecule has 27 heavy (non-hydrogen) atoms. The first kappa shape index (κ1) is 17.0. The molecule has 2 aromatic rings. The number of hydrogen-bond donors (Lipinski definition) is 1. The molecule has 0 saturated heterocycles. The maximum Gasteiger partial charge on any atom is 0.346 e. The zero-order chi connectivity index (χ0) is 19.1. The summed E-state index contributed by atoms with van der Waals surface area (Å²) in [6.45, 7) is -0.209. The summed E-state index contributed by atoms with van der Waals surface area (Å²) in [7, 11) is 0. The van der Waals surface area contributed by atoms with Gasteiger partial charge in [-0.15, -0.1) is 0 Å². The van der Waals surface area contributed by atoms with Crippen molar-refractivity contribution in [2.24, 2.45) is 0 Å². The van der Waals surface area contributed by atoms with E-state index in [1.54, 1.807) is 6.07 Å². The average Bonchev–Trinajstić information content (AvgIpc) is 3.08. The summed E-state index contributed by atoms with van der Waals surface area (Å²) in [5, 5.41) is 11.5. The number of carbonyl (C=O) groups is 4. The van der Waals surface area contributed by atoms with Crippen LogP contribution in [0.25, 0.3) is 0 Å². The highest BCUT2D eigenvalue weighted by molar-refractivity contribution is 6.15. The quantitative estimate of drug-likeness (QED) is 0.454. The van der Waals surface area contributed by atoms with Crippen LogP contribution in [0.15, 0.2) is 36.4 Å². The van der Waals surface area contributed by atoms with Gasteiger partial charge < -0.3 is 14.7 Å². The third-order valence-electron chi connectivity index (χ3n) is 4.17. The highest BCUT2D eigenvalue weighted by Crippen LogP contribution is 2.22. The number of rotatable bonds is 5. The predicted molar refractivity (Wildman–Crippen MR) is 85.2 cm³/mol. The van der Waals surface area contributed by atoms with Crippen molar-refractivity contribution in [1.29, 1.82) is 0 Å². The van der Waals surface area contributed by atoms with Gasteiger partial charge in [0.05, 0.1) is 22.3 Å². The van der Waals surface area contributed by atoms with Gasteiger partial charge in [-0.25, -0.2) is 24.4 Å². The molecule has 9 nitrogen and oxygen atoms in total. The molecule has 2 aliphatic rings. The molecule has 0 saturated carbocycles. The van der Waals surface area contributed by atoms with Crippen LogP contribution in [0.4, 0.5) is 0 Å². The molecule has 0 aromatic heterocycles. The van der Waals surface area contributed by atoms with Gasteiger partial charge in [0.15, 0.2) is 0 Å². The minimum atomic E-state index is -0.746. The van der Waals surface area contributed by atoms with E-state index < -0.39 is 29.1 Å². The van der Waals surface area contributed by atoms with E-state index in [9.17, 15) is 24.4 Å². The second-order valence-corrected chi connectivity index (χ2v) is 5.95. The van der Waals surface area contributed by atoms with Crippen molar-refractivity contribution in [3.05, 3.63) is 75.0 Å². The number of fused-ring (bicyclic) bond motifs is 2. The van der Waals surface area contributed by atoms with Crippen molar-refractivity contribution in [3.63, 3.8) is 0 Å². The lowest BCUT2D eigenvalue weighted by molar-refractivity contribution is -1.07. The minimum Gasteiger partial charge on any atom is -0.600 e. The van der Waals surface area contributed by atoms with Crippen LogP contribution in [0.5, 0.6) is 0 Å². The normalized spacial score (nSPS) is 16.0. The fourth-order valence-electron chi connectivity index (χ4n) is 2.85. The number of quaternary nitrogens is 1. The van der Waals surface area contributed by atoms with Crippen LogP contribution < -0.4 is 5.23 Å². The summed E-state index contributed by atoms with van der Waals surface area (Å²) in [5.41, 5.74) is 1.61. The van der Waals surface area contributed by atoms with Gasteiger partial charge in [-0.2, -0.15) is 4.84 Å². The highest BCUT2D eigenvalue weighted by Gasteiger charge is 2.30. The Bertz CT molecular complexity index is 1010. The molecule has 2 aromatic carbocycles. The van der Waals surface area contributed by atoms with Gasteiger partial charge in [-0.3, -0.25) is 0 Å². The van der Waals surface area contributed by atoms with Gasteiger partial charge in [-0.05, 0) is 29.8 Å². The Balaban J connectivity index is 1.40. The van der Waals surface area contributed by atoms with E-state index in [-0.39, 0.29) is 35.4 Å². The second-order valence-electron chi connectivity index (χ2n) is 5.95. The molecule has 2 aliphatic heterocycles. The molecule has 0 radical (unpaired) electrons. The number of esters is 4. The molecule has 2 heterocycles. The van der Waals surface area contributed by atoms with Crippen molar-refractivity contribution in [2.45, 2.75) is 13.2 Å². The lowest BCUT2D eigenvalue weighted by Gasteiger charge is -2.20. The molecule has 0 spiro atoms. The number of hydroxylamine groups is 2. The first-order valence-electron chi connectivity index (χ1n) is 7.87. The number of benzene rings is 2. The Kier molecular flexibility index (Phi) is 4.04. The Labute approximate surface area is 151 Å². The molecule has 0 bridgehead atoms. The number of cyclic esters (lactones) is 4. The fraction of sp³-hybridized carbons (Fsp3) is 0.111. The zero-order valence-corrected chi connectivity index (χ0v) is 13.6. The molecule has 4 rings (SSSR count). The molecular formula is C18H11NO8. The Morgan fingerprint density at radius 3 is 1.81 bits per heavy atom. The van der Waals surface area contributed by atoms with Crippen LogP contribution in [0.2, 0.25) is 0 Å². The van der Waals surface area contributed by atoms with Crippen molar-refractivity contribution in [1.82, 2.24) is 0 Å². The van der Waals surface area contributed by atoms with E-state index in [2.05, 4.69) is 9.47 Å². The predicted octanol–water partition coefficient (Wildman–Crippen LogP) is 0.322. The fourth-order valence-corrected chi connectivity index (χ4v) is 2.85. The Morgan fingerprint density at radius 2 is 1.22 bits per heavy atom. The topological polar surface area (TPSA) is 123 Å². The van der Waals surface area contributed by atoms with Crippen LogP contribution in [-0.4, -0.2) is 23.9 Å². The molecule has 9 heteroatoms. The molecule has 1 N–H and O–H groups in total. The van der Waals surface area contributed by atoms with Gasteiger partial charge >= 0.3 is 23.9 Å². The van der Waals surface area contributed by atoms with E-state index in [0.29, 0.717) is 11.1 Å². The van der Waals surface area contributed by atoms with Crippen LogP contribution in [0.1, 0.15) is 52.6 Å². The van der Waals surface area contributed by atoms with Crippen LogP contribution >= 0.6 is 0 Å². The van der Waals surface area contributed by atoms with E-state index >= 15 is 0 Å². The maximum atomic E-state index is 12.0. The van der Waals surface area contributed by atoms with Crippen LogP contribution in [-0.2, 0) is 27.5 Å². The zero-order valence-electron chi connectivity index (χ0n) is 13.6. The van der Waals surface area contributed by atoms with Gasteiger partial charge in [0.2, 0.25) is 0 Å². The molecule has 1 unspecified atom stereocenters. The van der Waals surface area contributed by atoms with Crippen molar-refractivity contribution in [3.8, 4) is 0 Å². The van der Waals surface area contributed by atoms with Crippen molar-refractivity contribution < 1.29 is 38.7 Å². The summed E-state index contributed by atoms with van der Waals surface area (Å²) in [6.07, 6.45) is 0. The van der Waals surface area contributed by atoms with Crippen LogP contribution in [0.3, 0.4) is 0 Å². The first-order valence-corrected chi connectivity index (χ1v) is 7.87. The number of ether oxygens (including phenoxy) is 2. The van der Waals surface area contributed by atoms with Gasteiger partial charge in [0.25, 0.3) is 0 Å². The van der Waals surface area contributed by atoms with Gasteiger partial charge in [-0.1, -0.05) is 12.1 Å². The van der Waals surface area contributed by atoms with E-state index in [0.717, 1.165) is 0 Å². The minimum absolute atomic E-state index is 0.0982. The average molecular weight is 369 g/mol. The Hall–Kier alpha value is -3.40. The summed E-state index contributed by atoms with van der Waals surface area (Å²) in [5.74, 6) is -2.89. The summed E-state index contributed by atoms with van der Waals surface area (Å²) < 4.78 is 8.99. The first-order chi connectivity index (χ1) is 12.9.